The summed E-state index contributed by atoms with van der Waals surface area (Å²) >= 11 is 0. The van der Waals surface area contributed by atoms with Crippen molar-refractivity contribution in [2.75, 3.05) is 17.6 Å². The number of amides is 1. The third-order valence-electron chi connectivity index (χ3n) is 5.18. The van der Waals surface area contributed by atoms with Gasteiger partial charge in [-0.2, -0.15) is 0 Å². The fourth-order valence-corrected chi connectivity index (χ4v) is 3.47. The highest BCUT2D eigenvalue weighted by atomic mass is 16.3. The van der Waals surface area contributed by atoms with Gasteiger partial charge in [0.05, 0.1) is 18.2 Å². The second kappa shape index (κ2) is 10.7. The zero-order valence-corrected chi connectivity index (χ0v) is 18.4. The molecule has 3 aromatic rings. The van der Waals surface area contributed by atoms with E-state index in [9.17, 15) is 15.0 Å². The van der Waals surface area contributed by atoms with Crippen molar-refractivity contribution < 1.29 is 15.0 Å². The highest BCUT2D eigenvalue weighted by Crippen LogP contribution is 2.24. The van der Waals surface area contributed by atoms with Crippen LogP contribution in [0.2, 0.25) is 0 Å². The van der Waals surface area contributed by atoms with Crippen molar-refractivity contribution in [3.8, 4) is 5.75 Å². The number of hydrogen-bond donors (Lipinski definition) is 5. The van der Waals surface area contributed by atoms with Crippen LogP contribution in [0.5, 0.6) is 5.75 Å². The van der Waals surface area contributed by atoms with Crippen LogP contribution in [0.4, 0.5) is 11.5 Å². The van der Waals surface area contributed by atoms with Crippen LogP contribution in [0.25, 0.3) is 0 Å². The lowest BCUT2D eigenvalue weighted by Crippen LogP contribution is -2.32. The number of aliphatic hydroxyl groups excluding tert-OH is 1. The molecule has 7 heteroatoms. The van der Waals surface area contributed by atoms with Crippen molar-refractivity contribution in [2.24, 2.45) is 0 Å². The molecule has 0 aliphatic carbocycles. The van der Waals surface area contributed by atoms with Crippen LogP contribution in [0.1, 0.15) is 35.3 Å². The van der Waals surface area contributed by atoms with Crippen LogP contribution in [0.3, 0.4) is 0 Å². The van der Waals surface area contributed by atoms with Gasteiger partial charge < -0.3 is 26.6 Å². The first kappa shape index (κ1) is 23.2. The molecule has 1 amide bonds. The fourth-order valence-electron chi connectivity index (χ4n) is 3.47. The smallest absolute Gasteiger partial charge is 0.228 e. The van der Waals surface area contributed by atoms with Gasteiger partial charge in [-0.1, -0.05) is 36.4 Å². The maximum atomic E-state index is 12.4. The third-order valence-corrected chi connectivity index (χ3v) is 5.18. The predicted molar refractivity (Wildman–Crippen MR) is 126 cm³/mol. The topological polar surface area (TPSA) is 120 Å². The molecular weight excluding hydrogens is 404 g/mol. The molecule has 0 radical (unpaired) electrons. The number of aliphatic hydroxyl groups is 1. The van der Waals surface area contributed by atoms with Gasteiger partial charge in [0.15, 0.2) is 0 Å². The molecule has 0 saturated heterocycles. The number of rotatable bonds is 9. The number of nitrogens with one attached hydrogen (secondary N) is 2. The van der Waals surface area contributed by atoms with E-state index in [1.165, 1.54) is 0 Å². The predicted octanol–water partition coefficient (Wildman–Crippen LogP) is 3.11. The molecule has 0 fully saturated rings. The van der Waals surface area contributed by atoms with E-state index in [0.29, 0.717) is 23.6 Å². The Labute approximate surface area is 188 Å². The SMILES string of the molecule is Cc1ccc(O)c(NC(=O)Cc2cccc(C[C@@H](C)NC[C@@H](O)c3ccc(N)nc3)c2)c1. The summed E-state index contributed by atoms with van der Waals surface area (Å²) < 4.78 is 0. The number of carbonyl (C=O) groups is 1. The normalized spacial score (nSPS) is 12.8. The first-order valence-corrected chi connectivity index (χ1v) is 10.6. The third kappa shape index (κ3) is 6.80. The molecular formula is C25H30N4O3. The summed E-state index contributed by atoms with van der Waals surface area (Å²) in [7, 11) is 0. The number of aromatic nitrogens is 1. The van der Waals surface area contributed by atoms with Crippen LogP contribution >= 0.6 is 0 Å². The number of hydrogen-bond acceptors (Lipinski definition) is 6. The van der Waals surface area contributed by atoms with Crippen molar-refractivity contribution >= 4 is 17.4 Å². The lowest BCUT2D eigenvalue weighted by Gasteiger charge is -2.18. The molecule has 0 spiro atoms. The van der Waals surface area contributed by atoms with Crippen molar-refractivity contribution in [1.82, 2.24) is 10.3 Å². The van der Waals surface area contributed by atoms with E-state index in [1.54, 1.807) is 36.5 Å². The number of nitrogen functional groups attached to an aromatic ring is 1. The Hall–Kier alpha value is -3.42. The summed E-state index contributed by atoms with van der Waals surface area (Å²) in [6.45, 7) is 4.35. The van der Waals surface area contributed by atoms with Gasteiger partial charge in [0.25, 0.3) is 0 Å². The monoisotopic (exact) mass is 434 g/mol. The number of pyridine rings is 1. The summed E-state index contributed by atoms with van der Waals surface area (Å²) in [6, 6.07) is 16.5. The standard InChI is InChI=1S/C25H30N4O3/c1-16-6-8-22(30)21(10-16)29-25(32)13-19-5-3-4-18(12-19)11-17(2)27-15-23(31)20-7-9-24(26)28-14-20/h3-10,12,14,17,23,27,30-31H,11,13,15H2,1-2H3,(H2,26,28)(H,29,32)/t17-,23-/m1/s1. The van der Waals surface area contributed by atoms with E-state index >= 15 is 0 Å². The summed E-state index contributed by atoms with van der Waals surface area (Å²) in [4.78, 5) is 16.4. The molecule has 3 rings (SSSR count). The van der Waals surface area contributed by atoms with Crippen LogP contribution < -0.4 is 16.4 Å². The maximum Gasteiger partial charge on any atom is 0.228 e. The lowest BCUT2D eigenvalue weighted by atomic mass is 10.0. The first-order valence-electron chi connectivity index (χ1n) is 10.6. The lowest BCUT2D eigenvalue weighted by molar-refractivity contribution is -0.115. The molecule has 2 atom stereocenters. The second-order valence-electron chi connectivity index (χ2n) is 8.11. The first-order chi connectivity index (χ1) is 15.3. The second-order valence-corrected chi connectivity index (χ2v) is 8.11. The van der Waals surface area contributed by atoms with Crippen molar-refractivity contribution in [3.05, 3.63) is 83.0 Å². The van der Waals surface area contributed by atoms with E-state index < -0.39 is 6.10 Å². The minimum absolute atomic E-state index is 0.0505. The number of nitrogens with zero attached hydrogens (tertiary/aromatic N) is 1. The van der Waals surface area contributed by atoms with E-state index in [4.69, 9.17) is 5.73 Å². The Morgan fingerprint density at radius 2 is 1.91 bits per heavy atom. The molecule has 32 heavy (non-hydrogen) atoms. The zero-order chi connectivity index (χ0) is 23.1. The van der Waals surface area contributed by atoms with Gasteiger partial charge in [-0.3, -0.25) is 4.79 Å². The Kier molecular flexibility index (Phi) is 7.81. The highest BCUT2D eigenvalue weighted by molar-refractivity contribution is 5.93. The fraction of sp³-hybridized carbons (Fsp3) is 0.280. The average molecular weight is 435 g/mol. The number of benzene rings is 2. The van der Waals surface area contributed by atoms with E-state index in [2.05, 4.69) is 15.6 Å². The molecule has 7 nitrogen and oxygen atoms in total. The maximum absolute atomic E-state index is 12.4. The highest BCUT2D eigenvalue weighted by Gasteiger charge is 2.12. The molecule has 0 bridgehead atoms. The largest absolute Gasteiger partial charge is 0.506 e. The molecule has 1 aromatic heterocycles. The minimum Gasteiger partial charge on any atom is -0.506 e. The number of aromatic hydroxyl groups is 1. The number of carbonyl (C=O) groups excluding carboxylic acids is 1. The van der Waals surface area contributed by atoms with Gasteiger partial charge in [0.1, 0.15) is 11.6 Å². The summed E-state index contributed by atoms with van der Waals surface area (Å²) in [5.41, 5.74) is 9.66. The average Bonchev–Trinajstić information content (AvgIpc) is 2.75. The van der Waals surface area contributed by atoms with Gasteiger partial charge in [0, 0.05) is 24.3 Å². The summed E-state index contributed by atoms with van der Waals surface area (Å²) in [6.07, 6.45) is 1.88. The van der Waals surface area contributed by atoms with Gasteiger partial charge in [-0.25, -0.2) is 4.98 Å². The quantitative estimate of drug-likeness (QED) is 0.330. The van der Waals surface area contributed by atoms with Crippen LogP contribution in [0.15, 0.2) is 60.8 Å². The number of nitrogens with two attached hydrogens (primary N) is 1. The minimum atomic E-state index is -0.668. The summed E-state index contributed by atoms with van der Waals surface area (Å²) in [5.74, 6) is 0.288. The van der Waals surface area contributed by atoms with Crippen molar-refractivity contribution in [3.63, 3.8) is 0 Å². The van der Waals surface area contributed by atoms with Crippen LogP contribution in [0, 0.1) is 6.92 Å². The Bertz CT molecular complexity index is 1050. The number of aryl methyl sites for hydroxylation is 1. The molecule has 0 saturated carbocycles. The zero-order valence-electron chi connectivity index (χ0n) is 18.4. The Balaban J connectivity index is 1.52. The molecule has 0 aliphatic heterocycles. The molecule has 0 unspecified atom stereocenters. The number of phenolic OH excluding ortho intramolecular Hbond substituents is 1. The number of anilines is 2. The number of phenols is 1. The van der Waals surface area contributed by atoms with Crippen molar-refractivity contribution in [1.29, 1.82) is 0 Å². The van der Waals surface area contributed by atoms with Crippen LogP contribution in [-0.2, 0) is 17.6 Å². The van der Waals surface area contributed by atoms with E-state index in [-0.39, 0.29) is 24.1 Å². The van der Waals surface area contributed by atoms with E-state index in [0.717, 1.165) is 23.1 Å². The Morgan fingerprint density at radius 1 is 1.12 bits per heavy atom. The van der Waals surface area contributed by atoms with Gasteiger partial charge in [-0.05, 0) is 55.2 Å². The van der Waals surface area contributed by atoms with Gasteiger partial charge in [-0.15, -0.1) is 0 Å². The van der Waals surface area contributed by atoms with Gasteiger partial charge >= 0.3 is 0 Å². The molecule has 2 aromatic carbocycles. The molecule has 1 heterocycles. The molecule has 6 N–H and O–H groups in total. The van der Waals surface area contributed by atoms with Gasteiger partial charge in [0.2, 0.25) is 5.91 Å². The van der Waals surface area contributed by atoms with Crippen molar-refractivity contribution in [2.45, 2.75) is 38.8 Å². The summed E-state index contributed by atoms with van der Waals surface area (Å²) in [5, 5.41) is 26.3. The van der Waals surface area contributed by atoms with E-state index in [1.807, 2.05) is 38.1 Å². The molecule has 168 valence electrons. The molecule has 0 aliphatic rings. The Morgan fingerprint density at radius 3 is 2.66 bits per heavy atom. The van der Waals surface area contributed by atoms with Crippen LogP contribution in [-0.4, -0.2) is 33.7 Å².